The summed E-state index contributed by atoms with van der Waals surface area (Å²) in [6, 6.07) is 14.2. The third-order valence-corrected chi connectivity index (χ3v) is 5.32. The molecular weight excluding hydrogens is 350 g/mol. The van der Waals surface area contributed by atoms with Crippen molar-refractivity contribution in [1.82, 2.24) is 0 Å². The Hall–Kier alpha value is -1.33. The molecule has 0 aliphatic rings. The SMILES string of the molecule is CCC(C)c1ccc(NS(=O)(=O)c2cccc(Br)c2)cc1. The fourth-order valence-electron chi connectivity index (χ4n) is 1.96. The van der Waals surface area contributed by atoms with Gasteiger partial charge in [-0.2, -0.15) is 0 Å². The number of rotatable bonds is 5. The van der Waals surface area contributed by atoms with E-state index in [9.17, 15) is 8.42 Å². The fourth-order valence-corrected chi connectivity index (χ4v) is 3.62. The maximum atomic E-state index is 12.3. The van der Waals surface area contributed by atoms with Crippen molar-refractivity contribution in [3.8, 4) is 0 Å². The molecule has 5 heteroatoms. The van der Waals surface area contributed by atoms with Gasteiger partial charge in [0.2, 0.25) is 0 Å². The van der Waals surface area contributed by atoms with Gasteiger partial charge >= 0.3 is 0 Å². The first-order valence-corrected chi connectivity index (χ1v) is 9.08. The van der Waals surface area contributed by atoms with Crippen LogP contribution in [-0.2, 0) is 10.0 Å². The summed E-state index contributed by atoms with van der Waals surface area (Å²) in [4.78, 5) is 0.239. The van der Waals surface area contributed by atoms with Crippen molar-refractivity contribution in [1.29, 1.82) is 0 Å². The molecule has 21 heavy (non-hydrogen) atoms. The minimum atomic E-state index is -3.55. The molecule has 1 N–H and O–H groups in total. The van der Waals surface area contributed by atoms with Crippen LogP contribution >= 0.6 is 15.9 Å². The first kappa shape index (κ1) is 16.0. The molecule has 0 spiro atoms. The summed E-state index contributed by atoms with van der Waals surface area (Å²) in [7, 11) is -3.55. The highest BCUT2D eigenvalue weighted by atomic mass is 79.9. The minimum absolute atomic E-state index is 0.239. The lowest BCUT2D eigenvalue weighted by Crippen LogP contribution is -2.12. The van der Waals surface area contributed by atoms with Gasteiger partial charge in [-0.1, -0.05) is 48.0 Å². The Kier molecular flexibility index (Phi) is 5.06. The topological polar surface area (TPSA) is 46.2 Å². The second-order valence-electron chi connectivity index (χ2n) is 4.99. The number of benzene rings is 2. The number of hydrogen-bond donors (Lipinski definition) is 1. The molecule has 0 radical (unpaired) electrons. The van der Waals surface area contributed by atoms with Crippen LogP contribution in [0.5, 0.6) is 0 Å². The summed E-state index contributed by atoms with van der Waals surface area (Å²) in [5.41, 5.74) is 1.78. The molecular formula is C16H18BrNO2S. The fraction of sp³-hybridized carbons (Fsp3) is 0.250. The van der Waals surface area contributed by atoms with E-state index in [0.717, 1.165) is 10.9 Å². The first-order valence-electron chi connectivity index (χ1n) is 6.80. The molecule has 0 fully saturated rings. The Labute approximate surface area is 134 Å². The highest BCUT2D eigenvalue weighted by Crippen LogP contribution is 2.23. The molecule has 0 amide bonds. The van der Waals surface area contributed by atoms with Gasteiger partial charge in [0.05, 0.1) is 4.90 Å². The average Bonchev–Trinajstić information content (AvgIpc) is 2.47. The normalized spacial score (nSPS) is 12.9. The van der Waals surface area contributed by atoms with E-state index >= 15 is 0 Å². The smallest absolute Gasteiger partial charge is 0.261 e. The van der Waals surface area contributed by atoms with Crippen molar-refractivity contribution in [2.75, 3.05) is 4.72 Å². The predicted molar refractivity (Wildman–Crippen MR) is 90.1 cm³/mol. The number of anilines is 1. The zero-order valence-corrected chi connectivity index (χ0v) is 14.4. The molecule has 0 bridgehead atoms. The highest BCUT2D eigenvalue weighted by Gasteiger charge is 2.14. The molecule has 2 rings (SSSR count). The van der Waals surface area contributed by atoms with Crippen molar-refractivity contribution in [3.05, 3.63) is 58.6 Å². The number of halogens is 1. The van der Waals surface area contributed by atoms with E-state index in [4.69, 9.17) is 0 Å². The lowest BCUT2D eigenvalue weighted by molar-refractivity contribution is 0.601. The Morgan fingerprint density at radius 3 is 2.38 bits per heavy atom. The molecule has 2 aromatic carbocycles. The predicted octanol–water partition coefficient (Wildman–Crippen LogP) is 4.76. The third kappa shape index (κ3) is 4.08. The van der Waals surface area contributed by atoms with E-state index in [2.05, 4.69) is 34.5 Å². The maximum Gasteiger partial charge on any atom is 0.261 e. The molecule has 0 heterocycles. The Bertz CT molecular complexity index is 711. The number of nitrogens with one attached hydrogen (secondary N) is 1. The van der Waals surface area contributed by atoms with Crippen LogP contribution < -0.4 is 4.72 Å². The molecule has 112 valence electrons. The lowest BCUT2D eigenvalue weighted by Gasteiger charge is -2.11. The Morgan fingerprint density at radius 2 is 1.81 bits per heavy atom. The van der Waals surface area contributed by atoms with Crippen molar-refractivity contribution in [2.45, 2.75) is 31.1 Å². The zero-order valence-electron chi connectivity index (χ0n) is 12.0. The number of hydrogen-bond acceptors (Lipinski definition) is 2. The molecule has 1 atom stereocenters. The van der Waals surface area contributed by atoms with Crippen LogP contribution in [0.3, 0.4) is 0 Å². The van der Waals surface area contributed by atoms with Gasteiger partial charge in [-0.05, 0) is 48.2 Å². The summed E-state index contributed by atoms with van der Waals surface area (Å²) in [6.45, 7) is 4.29. The van der Waals surface area contributed by atoms with Crippen LogP contribution in [0.25, 0.3) is 0 Å². The lowest BCUT2D eigenvalue weighted by atomic mass is 9.99. The highest BCUT2D eigenvalue weighted by molar-refractivity contribution is 9.10. The van der Waals surface area contributed by atoms with E-state index in [1.165, 1.54) is 5.56 Å². The van der Waals surface area contributed by atoms with Gasteiger partial charge in [0.25, 0.3) is 10.0 Å². The first-order chi connectivity index (χ1) is 9.92. The van der Waals surface area contributed by atoms with Gasteiger partial charge in [-0.25, -0.2) is 8.42 Å². The van der Waals surface area contributed by atoms with Gasteiger partial charge in [0, 0.05) is 10.2 Å². The Balaban J connectivity index is 2.21. The second kappa shape index (κ2) is 6.62. The maximum absolute atomic E-state index is 12.3. The van der Waals surface area contributed by atoms with E-state index in [0.29, 0.717) is 11.6 Å². The van der Waals surface area contributed by atoms with Gasteiger partial charge in [0.15, 0.2) is 0 Å². The van der Waals surface area contributed by atoms with E-state index in [-0.39, 0.29) is 4.90 Å². The van der Waals surface area contributed by atoms with Gasteiger partial charge in [0.1, 0.15) is 0 Å². The van der Waals surface area contributed by atoms with Gasteiger partial charge in [-0.3, -0.25) is 4.72 Å². The van der Waals surface area contributed by atoms with Gasteiger partial charge in [-0.15, -0.1) is 0 Å². The Morgan fingerprint density at radius 1 is 1.14 bits per heavy atom. The molecule has 0 aliphatic heterocycles. The summed E-state index contributed by atoms with van der Waals surface area (Å²) in [5.74, 6) is 0.473. The quantitative estimate of drug-likeness (QED) is 0.827. The van der Waals surface area contributed by atoms with E-state index in [1.807, 2.05) is 12.1 Å². The largest absolute Gasteiger partial charge is 0.280 e. The minimum Gasteiger partial charge on any atom is -0.280 e. The molecule has 3 nitrogen and oxygen atoms in total. The van der Waals surface area contributed by atoms with Crippen LogP contribution in [0.1, 0.15) is 31.7 Å². The van der Waals surface area contributed by atoms with Crippen molar-refractivity contribution >= 4 is 31.6 Å². The molecule has 1 unspecified atom stereocenters. The average molecular weight is 368 g/mol. The zero-order chi connectivity index (χ0) is 15.5. The van der Waals surface area contributed by atoms with Crippen molar-refractivity contribution < 1.29 is 8.42 Å². The molecule has 0 saturated heterocycles. The summed E-state index contributed by atoms with van der Waals surface area (Å²) < 4.78 is 27.9. The van der Waals surface area contributed by atoms with Crippen LogP contribution in [0.15, 0.2) is 57.9 Å². The molecule has 0 aliphatic carbocycles. The van der Waals surface area contributed by atoms with Crippen LogP contribution in [0, 0.1) is 0 Å². The molecule has 0 saturated carbocycles. The molecule has 2 aromatic rings. The summed E-state index contributed by atoms with van der Waals surface area (Å²) >= 11 is 3.28. The van der Waals surface area contributed by atoms with Gasteiger partial charge < -0.3 is 0 Å². The summed E-state index contributed by atoms with van der Waals surface area (Å²) in [6.07, 6.45) is 1.06. The third-order valence-electron chi connectivity index (χ3n) is 3.45. The second-order valence-corrected chi connectivity index (χ2v) is 7.59. The van der Waals surface area contributed by atoms with E-state index in [1.54, 1.807) is 36.4 Å². The van der Waals surface area contributed by atoms with Crippen LogP contribution in [-0.4, -0.2) is 8.42 Å². The van der Waals surface area contributed by atoms with Crippen molar-refractivity contribution in [3.63, 3.8) is 0 Å². The molecule has 0 aromatic heterocycles. The van der Waals surface area contributed by atoms with Crippen LogP contribution in [0.4, 0.5) is 5.69 Å². The standard InChI is InChI=1S/C16H18BrNO2S/c1-3-12(2)13-7-9-15(10-8-13)18-21(19,20)16-6-4-5-14(17)11-16/h4-12,18H,3H2,1-2H3. The van der Waals surface area contributed by atoms with Crippen LogP contribution in [0.2, 0.25) is 0 Å². The van der Waals surface area contributed by atoms with Crippen molar-refractivity contribution in [2.24, 2.45) is 0 Å². The number of sulfonamides is 1. The monoisotopic (exact) mass is 367 g/mol. The van der Waals surface area contributed by atoms with E-state index < -0.39 is 10.0 Å². The summed E-state index contributed by atoms with van der Waals surface area (Å²) in [5, 5.41) is 0.